The van der Waals surface area contributed by atoms with Crippen molar-refractivity contribution in [3.05, 3.63) is 46.6 Å². The minimum atomic E-state index is -1.84. The van der Waals surface area contributed by atoms with Crippen LogP contribution in [-0.2, 0) is 14.2 Å². The average molecular weight is 595 g/mol. The fourth-order valence-corrected chi connectivity index (χ4v) is 4.75. The number of methoxy groups -OCH3 is 1. The second kappa shape index (κ2) is 12.0. The predicted molar refractivity (Wildman–Crippen MR) is 139 cm³/mol. The molecule has 2 saturated heterocycles. The van der Waals surface area contributed by atoms with E-state index in [4.69, 9.17) is 28.1 Å². The Balaban J connectivity index is 1.61. The van der Waals surface area contributed by atoms with Gasteiger partial charge in [-0.3, -0.25) is 4.79 Å². The summed E-state index contributed by atoms with van der Waals surface area (Å²) in [7, 11) is 1.35. The van der Waals surface area contributed by atoms with Crippen LogP contribution in [0.1, 0.15) is 0 Å². The molecule has 8 N–H and O–H groups in total. The zero-order chi connectivity index (χ0) is 30.3. The lowest BCUT2D eigenvalue weighted by molar-refractivity contribution is -0.345. The second-order valence-electron chi connectivity index (χ2n) is 9.83. The number of ether oxygens (including phenoxy) is 5. The van der Waals surface area contributed by atoms with Crippen molar-refractivity contribution in [1.82, 2.24) is 0 Å². The van der Waals surface area contributed by atoms with Gasteiger partial charge in [-0.2, -0.15) is 0 Å². The third-order valence-electron chi connectivity index (χ3n) is 7.08. The Morgan fingerprint density at radius 1 is 0.929 bits per heavy atom. The molecule has 5 rings (SSSR count). The van der Waals surface area contributed by atoms with Crippen molar-refractivity contribution < 1.29 is 69.0 Å². The van der Waals surface area contributed by atoms with Gasteiger partial charge in [0.05, 0.1) is 20.3 Å². The van der Waals surface area contributed by atoms with E-state index in [1.807, 2.05) is 0 Å². The monoisotopic (exact) mass is 594 g/mol. The minimum absolute atomic E-state index is 0.0837. The number of hydrogen-bond donors (Lipinski definition) is 8. The summed E-state index contributed by atoms with van der Waals surface area (Å²) in [6.45, 7) is -1.22. The Morgan fingerprint density at radius 2 is 1.64 bits per heavy atom. The maximum atomic E-state index is 13.8. The molecule has 15 nitrogen and oxygen atoms in total. The zero-order valence-electron chi connectivity index (χ0n) is 22.0. The molecule has 0 unspecified atom stereocenters. The first-order valence-corrected chi connectivity index (χ1v) is 12.8. The Labute approximate surface area is 236 Å². The van der Waals surface area contributed by atoms with Crippen LogP contribution in [0.3, 0.4) is 0 Å². The van der Waals surface area contributed by atoms with Gasteiger partial charge in [0.2, 0.25) is 17.5 Å². The lowest BCUT2D eigenvalue weighted by atomic mass is 9.98. The topological polar surface area (TPSA) is 238 Å². The lowest BCUT2D eigenvalue weighted by Crippen LogP contribution is -2.64. The van der Waals surface area contributed by atoms with Crippen molar-refractivity contribution in [2.75, 3.05) is 20.3 Å². The van der Waals surface area contributed by atoms with Crippen molar-refractivity contribution in [3.8, 4) is 34.3 Å². The van der Waals surface area contributed by atoms with Gasteiger partial charge in [0.1, 0.15) is 64.8 Å². The fraction of sp³-hybridized carbons (Fsp3) is 0.444. The SMILES string of the molecule is COc1cc(O)c2c(=O)c(O[C@@H]3O[C@H](CO)[C@H](O)[C@@H](O)[C@@H]3O[C@@H]3OC[C@H](O)[C@@H](O)[C@H]3O)c(-c3ccc(O)cc3)oc2c1. The molecule has 0 bridgehead atoms. The molecule has 0 aliphatic carbocycles. The Kier molecular flexibility index (Phi) is 8.56. The highest BCUT2D eigenvalue weighted by molar-refractivity contribution is 5.88. The summed E-state index contributed by atoms with van der Waals surface area (Å²) < 4.78 is 33.6. The molecular formula is C27H30O15. The average Bonchev–Trinajstić information content (AvgIpc) is 2.97. The van der Waals surface area contributed by atoms with Crippen LogP contribution in [-0.4, -0.2) is 116 Å². The molecule has 0 amide bonds. The third kappa shape index (κ3) is 5.49. The molecule has 0 spiro atoms. The number of hydrogen-bond acceptors (Lipinski definition) is 15. The third-order valence-corrected chi connectivity index (χ3v) is 7.08. The summed E-state index contributed by atoms with van der Waals surface area (Å²) in [6, 6.07) is 8.00. The smallest absolute Gasteiger partial charge is 0.239 e. The van der Waals surface area contributed by atoms with E-state index in [0.29, 0.717) is 0 Å². The first-order chi connectivity index (χ1) is 20.0. The predicted octanol–water partition coefficient (Wildman–Crippen LogP) is -1.48. The number of benzene rings is 2. The summed E-state index contributed by atoms with van der Waals surface area (Å²) in [6.07, 6.45) is -15.0. The number of aromatic hydroxyl groups is 2. The van der Waals surface area contributed by atoms with E-state index < -0.39 is 85.4 Å². The molecule has 15 heteroatoms. The van der Waals surface area contributed by atoms with E-state index in [-0.39, 0.29) is 33.8 Å². The number of fused-ring (bicyclic) bond motifs is 1. The highest BCUT2D eigenvalue weighted by atomic mass is 16.8. The fourth-order valence-electron chi connectivity index (χ4n) is 4.75. The van der Waals surface area contributed by atoms with Gasteiger partial charge < -0.3 is 69.0 Å². The van der Waals surface area contributed by atoms with Gasteiger partial charge in [0.25, 0.3) is 0 Å². The number of phenols is 2. The molecule has 2 fully saturated rings. The zero-order valence-corrected chi connectivity index (χ0v) is 22.0. The summed E-state index contributed by atoms with van der Waals surface area (Å²) >= 11 is 0. The van der Waals surface area contributed by atoms with E-state index in [2.05, 4.69) is 0 Å². The van der Waals surface area contributed by atoms with Crippen LogP contribution in [0.15, 0.2) is 45.6 Å². The largest absolute Gasteiger partial charge is 0.508 e. The van der Waals surface area contributed by atoms with Gasteiger partial charge >= 0.3 is 0 Å². The van der Waals surface area contributed by atoms with Gasteiger partial charge in [-0.1, -0.05) is 0 Å². The number of aliphatic hydroxyl groups excluding tert-OH is 6. The molecule has 3 heterocycles. The van der Waals surface area contributed by atoms with Crippen LogP contribution >= 0.6 is 0 Å². The van der Waals surface area contributed by atoms with Crippen molar-refractivity contribution in [1.29, 1.82) is 0 Å². The van der Waals surface area contributed by atoms with Crippen LogP contribution in [0.5, 0.6) is 23.0 Å². The van der Waals surface area contributed by atoms with Crippen LogP contribution in [0.4, 0.5) is 0 Å². The molecule has 0 radical (unpaired) electrons. The molecule has 2 aliphatic heterocycles. The lowest BCUT2D eigenvalue weighted by Gasteiger charge is -2.44. The Morgan fingerprint density at radius 3 is 2.31 bits per heavy atom. The number of rotatable bonds is 7. The van der Waals surface area contributed by atoms with E-state index in [1.165, 1.54) is 43.5 Å². The normalized spacial score (nSPS) is 31.6. The van der Waals surface area contributed by atoms with Gasteiger partial charge in [-0.25, -0.2) is 0 Å². The van der Waals surface area contributed by atoms with E-state index >= 15 is 0 Å². The van der Waals surface area contributed by atoms with Crippen LogP contribution < -0.4 is 14.9 Å². The maximum Gasteiger partial charge on any atom is 0.239 e. The van der Waals surface area contributed by atoms with Crippen molar-refractivity contribution in [2.24, 2.45) is 0 Å². The maximum absolute atomic E-state index is 13.8. The van der Waals surface area contributed by atoms with Gasteiger partial charge in [0.15, 0.2) is 18.2 Å². The standard InChI is InChI=1S/C27H30O15/c1-37-12-6-13(30)17-15(7-12)39-23(10-2-4-11(29)5-3-10)24(20(17)34)41-27-25(21(35)19(33)16(8-28)40-27)42-26-22(36)18(32)14(31)9-38-26/h2-7,14,16,18-19,21-22,25-33,35-36H,8-9H2,1H3/t14-,16+,18+,19-,21+,22+,25-,26-,27-/m0/s1. The molecule has 0 saturated carbocycles. The van der Waals surface area contributed by atoms with Crippen LogP contribution in [0, 0.1) is 0 Å². The second-order valence-corrected chi connectivity index (χ2v) is 9.83. The first kappa shape index (κ1) is 30.0. The molecule has 9 atom stereocenters. The Hall–Kier alpha value is -3.51. The number of aliphatic hydroxyl groups is 6. The summed E-state index contributed by atoms with van der Waals surface area (Å²) in [5.74, 6) is -1.16. The number of phenolic OH excluding ortho intramolecular Hbond substituents is 2. The Bertz CT molecular complexity index is 1460. The highest BCUT2D eigenvalue weighted by Gasteiger charge is 2.50. The molecule has 2 aliphatic rings. The first-order valence-electron chi connectivity index (χ1n) is 12.8. The minimum Gasteiger partial charge on any atom is -0.508 e. The van der Waals surface area contributed by atoms with Gasteiger partial charge in [-0.15, -0.1) is 0 Å². The van der Waals surface area contributed by atoms with E-state index in [1.54, 1.807) is 0 Å². The van der Waals surface area contributed by atoms with Crippen LogP contribution in [0.2, 0.25) is 0 Å². The molecule has 42 heavy (non-hydrogen) atoms. The molecule has 2 aromatic carbocycles. The molecule has 1 aromatic heterocycles. The quantitative estimate of drug-likeness (QED) is 0.156. The van der Waals surface area contributed by atoms with Crippen molar-refractivity contribution >= 4 is 11.0 Å². The summed E-state index contributed by atoms with van der Waals surface area (Å²) in [5, 5.41) is 81.4. The van der Waals surface area contributed by atoms with Crippen LogP contribution in [0.25, 0.3) is 22.3 Å². The van der Waals surface area contributed by atoms with E-state index in [0.717, 1.165) is 0 Å². The summed E-state index contributed by atoms with van der Waals surface area (Å²) in [4.78, 5) is 13.8. The van der Waals surface area contributed by atoms with Gasteiger partial charge in [0, 0.05) is 17.7 Å². The summed E-state index contributed by atoms with van der Waals surface area (Å²) in [5.41, 5.74) is -0.741. The van der Waals surface area contributed by atoms with E-state index in [9.17, 15) is 45.6 Å². The van der Waals surface area contributed by atoms with Crippen molar-refractivity contribution in [2.45, 2.75) is 55.3 Å². The molecule has 228 valence electrons. The molecule has 3 aromatic rings. The molecular weight excluding hydrogens is 564 g/mol. The highest BCUT2D eigenvalue weighted by Crippen LogP contribution is 2.38. The van der Waals surface area contributed by atoms with Gasteiger partial charge in [-0.05, 0) is 24.3 Å². The van der Waals surface area contributed by atoms with Crippen molar-refractivity contribution in [3.63, 3.8) is 0 Å².